The van der Waals surface area contributed by atoms with E-state index in [0.717, 1.165) is 12.8 Å². The molecule has 0 saturated carbocycles. The number of aromatic nitrogens is 1. The Hall–Kier alpha value is -0.960. The number of nitrogens with two attached hydrogens (primary N) is 1. The minimum Gasteiger partial charge on any atom is -0.324 e. The quantitative estimate of drug-likeness (QED) is 0.749. The average molecular weight is 168 g/mol. The molecule has 1 atom stereocenters. The molecule has 2 nitrogen and oxygen atoms in total. The van der Waals surface area contributed by atoms with Crippen LogP contribution < -0.4 is 5.73 Å². The van der Waals surface area contributed by atoms with Gasteiger partial charge in [0.25, 0.3) is 0 Å². The van der Waals surface area contributed by atoms with Crippen LogP contribution in [0.4, 0.5) is 4.39 Å². The normalized spacial score (nSPS) is 12.9. The first-order valence-electron chi connectivity index (χ1n) is 4.10. The lowest BCUT2D eigenvalue weighted by atomic mass is 10.0. The highest BCUT2D eigenvalue weighted by molar-refractivity contribution is 5.16. The molecule has 2 N–H and O–H groups in total. The lowest BCUT2D eigenvalue weighted by molar-refractivity contribution is 0.555. The van der Waals surface area contributed by atoms with Crippen LogP contribution >= 0.6 is 0 Å². The molecule has 0 fully saturated rings. The van der Waals surface area contributed by atoms with Crippen LogP contribution in [0.25, 0.3) is 0 Å². The van der Waals surface area contributed by atoms with Crippen molar-refractivity contribution in [2.75, 3.05) is 0 Å². The Labute approximate surface area is 71.6 Å². The van der Waals surface area contributed by atoms with Crippen LogP contribution in [0, 0.1) is 5.82 Å². The van der Waals surface area contributed by atoms with Crippen molar-refractivity contribution in [1.29, 1.82) is 0 Å². The summed E-state index contributed by atoms with van der Waals surface area (Å²) in [6.07, 6.45) is 4.53. The SMILES string of the molecule is CCC[C@@H](N)c1ccncc1F. The Morgan fingerprint density at radius 1 is 1.67 bits per heavy atom. The molecule has 1 heterocycles. The summed E-state index contributed by atoms with van der Waals surface area (Å²) in [6, 6.07) is 1.44. The smallest absolute Gasteiger partial charge is 0.146 e. The second-order valence-corrected chi connectivity index (χ2v) is 2.79. The largest absolute Gasteiger partial charge is 0.324 e. The molecule has 0 amide bonds. The third-order valence-electron chi connectivity index (χ3n) is 1.80. The predicted octanol–water partition coefficient (Wildman–Crippen LogP) is 2.02. The molecule has 1 rings (SSSR count). The topological polar surface area (TPSA) is 38.9 Å². The first-order valence-corrected chi connectivity index (χ1v) is 4.10. The van der Waals surface area contributed by atoms with E-state index in [0.29, 0.717) is 5.56 Å². The zero-order valence-corrected chi connectivity index (χ0v) is 7.13. The van der Waals surface area contributed by atoms with Gasteiger partial charge in [-0.25, -0.2) is 4.39 Å². The van der Waals surface area contributed by atoms with Crippen LogP contribution in [0.1, 0.15) is 31.4 Å². The van der Waals surface area contributed by atoms with Gasteiger partial charge in [-0.05, 0) is 12.5 Å². The Morgan fingerprint density at radius 2 is 2.42 bits per heavy atom. The highest BCUT2D eigenvalue weighted by atomic mass is 19.1. The number of pyridine rings is 1. The molecular weight excluding hydrogens is 155 g/mol. The first-order chi connectivity index (χ1) is 5.75. The molecule has 0 aliphatic rings. The average Bonchev–Trinajstić information content (AvgIpc) is 2.05. The van der Waals surface area contributed by atoms with Gasteiger partial charge in [0, 0.05) is 17.8 Å². The van der Waals surface area contributed by atoms with Crippen molar-refractivity contribution in [3.05, 3.63) is 29.8 Å². The minimum atomic E-state index is -0.307. The molecule has 66 valence electrons. The van der Waals surface area contributed by atoms with Gasteiger partial charge in [0.1, 0.15) is 5.82 Å². The summed E-state index contributed by atoms with van der Waals surface area (Å²) in [4.78, 5) is 3.66. The van der Waals surface area contributed by atoms with Crippen molar-refractivity contribution in [3.63, 3.8) is 0 Å². The summed E-state index contributed by atoms with van der Waals surface area (Å²) >= 11 is 0. The van der Waals surface area contributed by atoms with E-state index < -0.39 is 0 Å². The molecule has 1 aromatic heterocycles. The lowest BCUT2D eigenvalue weighted by Crippen LogP contribution is -2.11. The van der Waals surface area contributed by atoms with Crippen LogP contribution in [-0.4, -0.2) is 4.98 Å². The van der Waals surface area contributed by atoms with Gasteiger partial charge >= 0.3 is 0 Å². The molecule has 12 heavy (non-hydrogen) atoms. The van der Waals surface area contributed by atoms with Gasteiger partial charge in [0.2, 0.25) is 0 Å². The minimum absolute atomic E-state index is 0.196. The van der Waals surface area contributed by atoms with E-state index in [1.807, 2.05) is 6.92 Å². The van der Waals surface area contributed by atoms with Gasteiger partial charge in [-0.15, -0.1) is 0 Å². The van der Waals surface area contributed by atoms with Gasteiger partial charge in [-0.2, -0.15) is 0 Å². The molecule has 0 unspecified atom stereocenters. The lowest BCUT2D eigenvalue weighted by Gasteiger charge is -2.10. The van der Waals surface area contributed by atoms with Crippen LogP contribution in [0.3, 0.4) is 0 Å². The maximum Gasteiger partial charge on any atom is 0.146 e. The first kappa shape index (κ1) is 9.13. The fraction of sp³-hybridized carbons (Fsp3) is 0.444. The molecule has 0 saturated heterocycles. The maximum atomic E-state index is 13.0. The van der Waals surface area contributed by atoms with E-state index >= 15 is 0 Å². The standard InChI is InChI=1S/C9H13FN2/c1-2-3-9(11)7-4-5-12-6-8(7)10/h4-6,9H,2-3,11H2,1H3/t9-/m1/s1. The number of hydrogen-bond donors (Lipinski definition) is 1. The van der Waals surface area contributed by atoms with Gasteiger partial charge in [0.05, 0.1) is 6.20 Å². The summed E-state index contributed by atoms with van der Waals surface area (Å²) in [5, 5.41) is 0. The summed E-state index contributed by atoms with van der Waals surface area (Å²) in [7, 11) is 0. The molecule has 0 spiro atoms. The Balaban J connectivity index is 2.79. The fourth-order valence-electron chi connectivity index (χ4n) is 1.15. The number of hydrogen-bond acceptors (Lipinski definition) is 2. The third kappa shape index (κ3) is 2.01. The van der Waals surface area contributed by atoms with E-state index in [4.69, 9.17) is 5.73 Å². The summed E-state index contributed by atoms with van der Waals surface area (Å²) < 4.78 is 13.0. The van der Waals surface area contributed by atoms with Crippen molar-refractivity contribution in [2.45, 2.75) is 25.8 Å². The molecule has 0 aliphatic heterocycles. The summed E-state index contributed by atoms with van der Waals surface area (Å²) in [5.41, 5.74) is 6.30. The third-order valence-corrected chi connectivity index (χ3v) is 1.80. The van der Waals surface area contributed by atoms with Crippen molar-refractivity contribution in [2.24, 2.45) is 5.73 Å². The molecule has 0 bridgehead atoms. The van der Waals surface area contributed by atoms with Crippen molar-refractivity contribution < 1.29 is 4.39 Å². The predicted molar refractivity (Wildman–Crippen MR) is 46.0 cm³/mol. The second kappa shape index (κ2) is 4.16. The van der Waals surface area contributed by atoms with E-state index in [2.05, 4.69) is 4.98 Å². The number of nitrogens with zero attached hydrogens (tertiary/aromatic N) is 1. The summed E-state index contributed by atoms with van der Waals surface area (Å²) in [5.74, 6) is -0.307. The van der Waals surface area contributed by atoms with Crippen LogP contribution in [0.2, 0.25) is 0 Å². The molecule has 0 aromatic carbocycles. The Kier molecular flexibility index (Phi) is 3.17. The van der Waals surface area contributed by atoms with E-state index in [1.54, 1.807) is 12.3 Å². The summed E-state index contributed by atoms with van der Waals surface area (Å²) in [6.45, 7) is 2.03. The maximum absolute atomic E-state index is 13.0. The van der Waals surface area contributed by atoms with E-state index in [9.17, 15) is 4.39 Å². The molecular formula is C9H13FN2. The Bertz CT molecular complexity index is 250. The van der Waals surface area contributed by atoms with E-state index in [1.165, 1.54) is 6.20 Å². The van der Waals surface area contributed by atoms with Crippen molar-refractivity contribution in [3.8, 4) is 0 Å². The number of halogens is 1. The zero-order valence-electron chi connectivity index (χ0n) is 7.13. The van der Waals surface area contributed by atoms with Gasteiger partial charge in [-0.1, -0.05) is 13.3 Å². The molecule has 1 aromatic rings. The fourth-order valence-corrected chi connectivity index (χ4v) is 1.15. The van der Waals surface area contributed by atoms with E-state index in [-0.39, 0.29) is 11.9 Å². The highest BCUT2D eigenvalue weighted by Gasteiger charge is 2.09. The van der Waals surface area contributed by atoms with Gasteiger partial charge < -0.3 is 5.73 Å². The van der Waals surface area contributed by atoms with Crippen molar-refractivity contribution >= 4 is 0 Å². The van der Waals surface area contributed by atoms with Gasteiger partial charge in [0.15, 0.2) is 0 Å². The molecule has 0 aliphatic carbocycles. The van der Waals surface area contributed by atoms with Gasteiger partial charge in [-0.3, -0.25) is 4.98 Å². The van der Waals surface area contributed by atoms with Crippen LogP contribution in [0.15, 0.2) is 18.5 Å². The Morgan fingerprint density at radius 3 is 3.00 bits per heavy atom. The van der Waals surface area contributed by atoms with Crippen molar-refractivity contribution in [1.82, 2.24) is 4.98 Å². The second-order valence-electron chi connectivity index (χ2n) is 2.79. The monoisotopic (exact) mass is 168 g/mol. The number of rotatable bonds is 3. The molecule has 3 heteroatoms. The van der Waals surface area contributed by atoms with Crippen LogP contribution in [-0.2, 0) is 0 Å². The zero-order chi connectivity index (χ0) is 8.97. The van der Waals surface area contributed by atoms with Crippen LogP contribution in [0.5, 0.6) is 0 Å². The molecule has 0 radical (unpaired) electrons. The highest BCUT2D eigenvalue weighted by Crippen LogP contribution is 2.17.